The fraction of sp³-hybridized carbons (Fsp3) is 0.0952. The van der Waals surface area contributed by atoms with Gasteiger partial charge in [0.05, 0.1) is 23.1 Å². The topological polar surface area (TPSA) is 85.8 Å². The van der Waals surface area contributed by atoms with E-state index in [1.54, 1.807) is 11.7 Å². The number of amides is 1. The number of halogens is 2. The molecule has 30 heavy (non-hydrogen) atoms. The van der Waals surface area contributed by atoms with Gasteiger partial charge in [0.2, 0.25) is 0 Å². The number of anilines is 2. The van der Waals surface area contributed by atoms with E-state index in [0.29, 0.717) is 5.69 Å². The van der Waals surface area contributed by atoms with Gasteiger partial charge in [-0.05, 0) is 24.6 Å². The maximum absolute atomic E-state index is 14.1. The zero-order valence-corrected chi connectivity index (χ0v) is 16.9. The fourth-order valence-corrected chi connectivity index (χ4v) is 4.05. The minimum Gasteiger partial charge on any atom is -0.389 e. The first kappa shape index (κ1) is 19.7. The molecular weight excluding hydrogens is 408 g/mol. The number of benzene rings is 2. The molecule has 0 fully saturated rings. The molecule has 0 radical (unpaired) electrons. The Morgan fingerprint density at radius 2 is 1.83 bits per heavy atom. The fourth-order valence-electron chi connectivity index (χ4n) is 3.17. The van der Waals surface area contributed by atoms with Crippen molar-refractivity contribution in [3.8, 4) is 21.8 Å². The summed E-state index contributed by atoms with van der Waals surface area (Å²) in [6.45, 7) is 1.96. The molecule has 2 aromatic carbocycles. The monoisotopic (exact) mass is 425 g/mol. The number of aromatic nitrogens is 3. The highest BCUT2D eigenvalue weighted by atomic mass is 32.1. The summed E-state index contributed by atoms with van der Waals surface area (Å²) in [6, 6.07) is 11.2. The zero-order valence-electron chi connectivity index (χ0n) is 16.1. The number of hydrogen-bond acceptors (Lipinski definition) is 5. The van der Waals surface area contributed by atoms with E-state index in [2.05, 4.69) is 15.4 Å². The Morgan fingerprint density at radius 1 is 1.13 bits per heavy atom. The minimum absolute atomic E-state index is 0.00133. The average molecular weight is 425 g/mol. The smallest absolute Gasteiger partial charge is 0.277 e. The number of aryl methyl sites for hydroxylation is 2. The second-order valence-corrected chi connectivity index (χ2v) is 7.66. The van der Waals surface area contributed by atoms with Gasteiger partial charge in [-0.1, -0.05) is 41.7 Å². The van der Waals surface area contributed by atoms with Gasteiger partial charge in [-0.3, -0.25) is 9.48 Å². The molecule has 6 nitrogen and oxygen atoms in total. The first-order chi connectivity index (χ1) is 14.4. The first-order valence-corrected chi connectivity index (χ1v) is 9.78. The van der Waals surface area contributed by atoms with Crippen molar-refractivity contribution in [3.63, 3.8) is 0 Å². The Kier molecular flexibility index (Phi) is 5.04. The quantitative estimate of drug-likeness (QED) is 0.499. The second-order valence-electron chi connectivity index (χ2n) is 6.63. The Labute approximate surface area is 175 Å². The van der Waals surface area contributed by atoms with Crippen molar-refractivity contribution in [3.05, 3.63) is 71.6 Å². The van der Waals surface area contributed by atoms with Crippen LogP contribution in [0.1, 0.15) is 16.1 Å². The molecular formula is C21H17F2N5OS. The maximum atomic E-state index is 14.1. The van der Waals surface area contributed by atoms with E-state index in [9.17, 15) is 13.6 Å². The standard InChI is InChI=1S/C21H17F2N5OS/c1-11-6-3-4-7-12(11)18-15(10-25-28(18)2)26-20(29)17-19(24)30-21(27-17)16-13(22)8-5-9-14(16)23/h3-10H,24H2,1-2H3,(H,26,29). The molecule has 0 aliphatic rings. The predicted octanol–water partition coefficient (Wildman–Crippen LogP) is 4.63. The number of nitrogens with two attached hydrogens (primary N) is 1. The molecule has 0 aliphatic carbocycles. The van der Waals surface area contributed by atoms with Crippen LogP contribution in [-0.2, 0) is 7.05 Å². The lowest BCUT2D eigenvalue weighted by Crippen LogP contribution is -2.14. The lowest BCUT2D eigenvalue weighted by molar-refractivity contribution is 0.102. The molecule has 0 spiro atoms. The summed E-state index contributed by atoms with van der Waals surface area (Å²) < 4.78 is 29.8. The molecule has 3 N–H and O–H groups in total. The number of carbonyl (C=O) groups excluding carboxylic acids is 1. The van der Waals surface area contributed by atoms with Crippen LogP contribution in [0.4, 0.5) is 19.5 Å². The van der Waals surface area contributed by atoms with Gasteiger partial charge < -0.3 is 11.1 Å². The van der Waals surface area contributed by atoms with E-state index in [0.717, 1.165) is 40.3 Å². The highest BCUT2D eigenvalue weighted by Crippen LogP contribution is 2.35. The van der Waals surface area contributed by atoms with E-state index >= 15 is 0 Å². The molecule has 2 aromatic heterocycles. The number of nitrogens with zero attached hydrogens (tertiary/aromatic N) is 3. The Hall–Kier alpha value is -3.59. The van der Waals surface area contributed by atoms with Gasteiger partial charge in [0.15, 0.2) is 5.69 Å². The van der Waals surface area contributed by atoms with Crippen LogP contribution in [0.3, 0.4) is 0 Å². The molecule has 0 bridgehead atoms. The maximum Gasteiger partial charge on any atom is 0.277 e. The van der Waals surface area contributed by atoms with Crippen LogP contribution in [0.2, 0.25) is 0 Å². The summed E-state index contributed by atoms with van der Waals surface area (Å²) in [6.07, 6.45) is 1.53. The van der Waals surface area contributed by atoms with Crippen molar-refractivity contribution < 1.29 is 13.6 Å². The van der Waals surface area contributed by atoms with E-state index < -0.39 is 17.5 Å². The Morgan fingerprint density at radius 3 is 2.53 bits per heavy atom. The van der Waals surface area contributed by atoms with Gasteiger partial charge >= 0.3 is 0 Å². The van der Waals surface area contributed by atoms with Gasteiger partial charge in [0, 0.05) is 12.6 Å². The molecule has 0 aliphatic heterocycles. The van der Waals surface area contributed by atoms with Gasteiger partial charge in [-0.15, -0.1) is 0 Å². The van der Waals surface area contributed by atoms with E-state index in [4.69, 9.17) is 5.73 Å². The first-order valence-electron chi connectivity index (χ1n) is 8.97. The summed E-state index contributed by atoms with van der Waals surface area (Å²) in [5.74, 6) is -2.14. The molecule has 152 valence electrons. The highest BCUT2D eigenvalue weighted by Gasteiger charge is 2.23. The van der Waals surface area contributed by atoms with Crippen LogP contribution >= 0.6 is 11.3 Å². The van der Waals surface area contributed by atoms with Gasteiger partial charge in [-0.25, -0.2) is 13.8 Å². The number of hydrogen-bond donors (Lipinski definition) is 2. The van der Waals surface area contributed by atoms with E-state index in [-0.39, 0.29) is 21.3 Å². The van der Waals surface area contributed by atoms with Gasteiger partial charge in [0.25, 0.3) is 5.91 Å². The lowest BCUT2D eigenvalue weighted by Gasteiger charge is -2.10. The van der Waals surface area contributed by atoms with Crippen molar-refractivity contribution in [2.75, 3.05) is 11.1 Å². The van der Waals surface area contributed by atoms with Gasteiger partial charge in [-0.2, -0.15) is 5.10 Å². The van der Waals surface area contributed by atoms with Crippen molar-refractivity contribution >= 4 is 27.9 Å². The summed E-state index contributed by atoms with van der Waals surface area (Å²) in [5, 5.41) is 7.06. The normalized spacial score (nSPS) is 10.9. The number of thiazole rings is 1. The van der Waals surface area contributed by atoms with Crippen LogP contribution in [0.15, 0.2) is 48.7 Å². The molecule has 0 saturated heterocycles. The third-order valence-electron chi connectivity index (χ3n) is 4.63. The van der Waals surface area contributed by atoms with Crippen molar-refractivity contribution in [1.29, 1.82) is 0 Å². The molecule has 0 unspecified atom stereocenters. The van der Waals surface area contributed by atoms with E-state index in [1.165, 1.54) is 12.3 Å². The van der Waals surface area contributed by atoms with Crippen LogP contribution in [0.25, 0.3) is 21.8 Å². The SMILES string of the molecule is Cc1ccccc1-c1c(NC(=O)c2nc(-c3c(F)cccc3F)sc2N)cnn1C. The van der Waals surface area contributed by atoms with Crippen LogP contribution in [-0.4, -0.2) is 20.7 Å². The Balaban J connectivity index is 1.69. The minimum atomic E-state index is -0.773. The third kappa shape index (κ3) is 3.43. The van der Waals surface area contributed by atoms with Crippen LogP contribution < -0.4 is 11.1 Å². The number of nitrogens with one attached hydrogen (secondary N) is 1. The Bertz CT molecular complexity index is 1240. The van der Waals surface area contributed by atoms with Crippen LogP contribution in [0, 0.1) is 18.6 Å². The predicted molar refractivity (Wildman–Crippen MR) is 113 cm³/mol. The van der Waals surface area contributed by atoms with Crippen molar-refractivity contribution in [2.24, 2.45) is 7.05 Å². The van der Waals surface area contributed by atoms with Crippen molar-refractivity contribution in [1.82, 2.24) is 14.8 Å². The molecule has 2 heterocycles. The molecule has 4 rings (SSSR count). The number of nitrogen functional groups attached to an aromatic ring is 1. The summed E-state index contributed by atoms with van der Waals surface area (Å²) in [4.78, 5) is 17.0. The zero-order chi connectivity index (χ0) is 21.4. The number of rotatable bonds is 4. The largest absolute Gasteiger partial charge is 0.389 e. The average Bonchev–Trinajstić information content (AvgIpc) is 3.25. The molecule has 1 amide bonds. The third-order valence-corrected chi connectivity index (χ3v) is 5.53. The molecule has 0 saturated carbocycles. The van der Waals surface area contributed by atoms with Crippen LogP contribution in [0.5, 0.6) is 0 Å². The van der Waals surface area contributed by atoms with E-state index in [1.807, 2.05) is 31.2 Å². The summed E-state index contributed by atoms with van der Waals surface area (Å²) in [7, 11) is 1.77. The van der Waals surface area contributed by atoms with Crippen molar-refractivity contribution in [2.45, 2.75) is 6.92 Å². The highest BCUT2D eigenvalue weighted by molar-refractivity contribution is 7.19. The second kappa shape index (κ2) is 7.68. The lowest BCUT2D eigenvalue weighted by atomic mass is 10.0. The molecule has 0 atom stereocenters. The number of carbonyl (C=O) groups is 1. The molecule has 4 aromatic rings. The summed E-state index contributed by atoms with van der Waals surface area (Å²) >= 11 is 0.848. The summed E-state index contributed by atoms with van der Waals surface area (Å²) in [5.41, 5.74) is 8.65. The van der Waals surface area contributed by atoms with Gasteiger partial charge in [0.1, 0.15) is 21.6 Å². The molecule has 9 heteroatoms.